The summed E-state index contributed by atoms with van der Waals surface area (Å²) in [7, 11) is -8.25. The zero-order chi connectivity index (χ0) is 23.7. The minimum absolute atomic E-state index is 0.00776. The van der Waals surface area contributed by atoms with Crippen LogP contribution in [0, 0.1) is 19.7 Å². The predicted molar refractivity (Wildman–Crippen MR) is 110 cm³/mol. The maximum absolute atomic E-state index is 14.3. The predicted octanol–water partition coefficient (Wildman–Crippen LogP) is 0.757. The number of nitrogens with zero attached hydrogens (tertiary/aromatic N) is 2. The van der Waals surface area contributed by atoms with Gasteiger partial charge in [-0.15, -0.1) is 0 Å². The van der Waals surface area contributed by atoms with Crippen molar-refractivity contribution < 1.29 is 35.3 Å². The number of aromatic nitrogens is 1. The molecular weight excluding hydrogens is 467 g/mol. The van der Waals surface area contributed by atoms with Crippen LogP contribution in [0.2, 0.25) is 0 Å². The van der Waals surface area contributed by atoms with Gasteiger partial charge in [-0.25, -0.2) is 21.2 Å². The average Bonchev–Trinajstić information content (AvgIpc) is 3.08. The fraction of sp³-hybridized carbons (Fsp3) is 0.444. The number of benzene rings is 1. The van der Waals surface area contributed by atoms with E-state index in [-0.39, 0.29) is 48.3 Å². The van der Waals surface area contributed by atoms with E-state index in [0.29, 0.717) is 0 Å². The molecule has 32 heavy (non-hydrogen) atoms. The summed E-state index contributed by atoms with van der Waals surface area (Å²) in [4.78, 5) is 11.8. The highest BCUT2D eigenvalue weighted by atomic mass is 32.2. The van der Waals surface area contributed by atoms with Gasteiger partial charge >= 0.3 is 0 Å². The zero-order valence-electron chi connectivity index (χ0n) is 17.6. The summed E-state index contributed by atoms with van der Waals surface area (Å²) >= 11 is 0. The fourth-order valence-corrected chi connectivity index (χ4v) is 6.19. The van der Waals surface area contributed by atoms with Crippen molar-refractivity contribution in [3.8, 4) is 0 Å². The van der Waals surface area contributed by atoms with Crippen molar-refractivity contribution in [2.45, 2.75) is 36.6 Å². The van der Waals surface area contributed by atoms with Crippen LogP contribution in [0.15, 0.2) is 32.5 Å². The molecule has 0 bridgehead atoms. The van der Waals surface area contributed by atoms with Gasteiger partial charge in [0.25, 0.3) is 0 Å². The summed E-state index contributed by atoms with van der Waals surface area (Å²) in [6, 6.07) is 1.86. The quantitative estimate of drug-likeness (QED) is 0.578. The molecular formula is C18H23FN4O7S2. The summed E-state index contributed by atoms with van der Waals surface area (Å²) < 4.78 is 78.3. The molecule has 0 spiro atoms. The van der Waals surface area contributed by atoms with Crippen molar-refractivity contribution in [2.24, 2.45) is 0 Å². The van der Waals surface area contributed by atoms with Gasteiger partial charge in [0.1, 0.15) is 21.3 Å². The third-order valence-electron chi connectivity index (χ3n) is 4.75. The number of anilines is 1. The first-order chi connectivity index (χ1) is 14.9. The lowest BCUT2D eigenvalue weighted by atomic mass is 10.3. The van der Waals surface area contributed by atoms with E-state index in [1.807, 2.05) is 0 Å². The van der Waals surface area contributed by atoms with Gasteiger partial charge in [0.2, 0.25) is 26.0 Å². The smallest absolute Gasteiger partial charge is 0.246 e. The van der Waals surface area contributed by atoms with Gasteiger partial charge in [-0.2, -0.15) is 9.03 Å². The Morgan fingerprint density at radius 1 is 1.19 bits per heavy atom. The number of halogens is 1. The second-order valence-corrected chi connectivity index (χ2v) is 10.7. The van der Waals surface area contributed by atoms with Crippen LogP contribution < -0.4 is 10.0 Å². The Morgan fingerprint density at radius 2 is 1.84 bits per heavy atom. The second-order valence-electron chi connectivity index (χ2n) is 7.15. The topological polar surface area (TPSA) is 148 Å². The van der Waals surface area contributed by atoms with Crippen LogP contribution in [0.5, 0.6) is 0 Å². The molecule has 2 aromatic rings. The SMILES string of the molecule is Cc1noc(C)c1S(=O)(=O)N[C@@H](C)C(=O)Nc1ccc(F)c(S(=O)(=O)N2CCOCC2)c1. The largest absolute Gasteiger partial charge is 0.379 e. The number of rotatable bonds is 7. The van der Waals surface area contributed by atoms with Crippen LogP contribution in [-0.4, -0.2) is 64.5 Å². The van der Waals surface area contributed by atoms with Crippen LogP contribution >= 0.6 is 0 Å². The summed E-state index contributed by atoms with van der Waals surface area (Å²) in [5.41, 5.74) is 0.130. The maximum atomic E-state index is 14.3. The second kappa shape index (κ2) is 9.23. The summed E-state index contributed by atoms with van der Waals surface area (Å²) in [6.45, 7) is 4.73. The molecule has 1 saturated heterocycles. The highest BCUT2D eigenvalue weighted by Crippen LogP contribution is 2.24. The Bertz CT molecular complexity index is 1200. The molecule has 14 heteroatoms. The van der Waals surface area contributed by atoms with Crippen molar-refractivity contribution in [3.05, 3.63) is 35.5 Å². The Hall–Kier alpha value is -2.39. The van der Waals surface area contributed by atoms with Crippen LogP contribution in [-0.2, 0) is 29.6 Å². The van der Waals surface area contributed by atoms with Crippen LogP contribution in [0.3, 0.4) is 0 Å². The fourth-order valence-electron chi connectivity index (χ4n) is 3.16. The average molecular weight is 491 g/mol. The normalized spacial score (nSPS) is 16.6. The molecule has 0 unspecified atom stereocenters. The third-order valence-corrected chi connectivity index (χ3v) is 8.45. The molecule has 11 nitrogen and oxygen atoms in total. The molecule has 176 valence electrons. The molecule has 0 aliphatic carbocycles. The van der Waals surface area contributed by atoms with E-state index in [1.165, 1.54) is 26.8 Å². The number of morpholine rings is 1. The molecule has 1 fully saturated rings. The highest BCUT2D eigenvalue weighted by molar-refractivity contribution is 7.89. The summed E-state index contributed by atoms with van der Waals surface area (Å²) in [5.74, 6) is -1.68. The molecule has 0 radical (unpaired) electrons. The van der Waals surface area contributed by atoms with E-state index in [1.54, 1.807) is 0 Å². The van der Waals surface area contributed by atoms with Gasteiger partial charge in [-0.3, -0.25) is 4.79 Å². The van der Waals surface area contributed by atoms with Gasteiger partial charge in [0.05, 0.1) is 19.3 Å². The number of carbonyl (C=O) groups is 1. The van der Waals surface area contributed by atoms with Gasteiger partial charge in [0, 0.05) is 18.8 Å². The van der Waals surface area contributed by atoms with Gasteiger partial charge < -0.3 is 14.6 Å². The minimum Gasteiger partial charge on any atom is -0.379 e. The summed E-state index contributed by atoms with van der Waals surface area (Å²) in [5, 5.41) is 5.99. The first kappa shape index (κ1) is 24.3. The lowest BCUT2D eigenvalue weighted by Gasteiger charge is -2.26. The zero-order valence-corrected chi connectivity index (χ0v) is 19.2. The Labute approximate surface area is 185 Å². The molecule has 1 aliphatic heterocycles. The maximum Gasteiger partial charge on any atom is 0.246 e. The number of hydrogen-bond acceptors (Lipinski definition) is 8. The standard InChI is InChI=1S/C18H23FN4O7S2/c1-11-17(13(3)30-21-11)31(25,26)22-12(2)18(24)20-14-4-5-15(19)16(10-14)32(27,28)23-6-8-29-9-7-23/h4-5,10,12,22H,6-9H2,1-3H3,(H,20,24)/t12-/m0/s1. The van der Waals surface area contributed by atoms with E-state index in [0.717, 1.165) is 16.4 Å². The summed E-state index contributed by atoms with van der Waals surface area (Å²) in [6.07, 6.45) is 0. The number of carbonyl (C=O) groups excluding carboxylic acids is 1. The van der Waals surface area contributed by atoms with Crippen molar-refractivity contribution in [1.29, 1.82) is 0 Å². The van der Waals surface area contributed by atoms with E-state index in [4.69, 9.17) is 9.26 Å². The molecule has 1 aliphatic rings. The lowest BCUT2D eigenvalue weighted by Crippen LogP contribution is -2.42. The molecule has 2 heterocycles. The molecule has 1 aromatic carbocycles. The number of sulfonamides is 2. The van der Waals surface area contributed by atoms with Crippen LogP contribution in [0.4, 0.5) is 10.1 Å². The highest BCUT2D eigenvalue weighted by Gasteiger charge is 2.31. The molecule has 3 rings (SSSR count). The number of amides is 1. The molecule has 1 amide bonds. The van der Waals surface area contributed by atoms with E-state index < -0.39 is 42.7 Å². The van der Waals surface area contributed by atoms with E-state index >= 15 is 0 Å². The number of hydrogen-bond donors (Lipinski definition) is 2. The Kier molecular flexibility index (Phi) is 7.00. The van der Waals surface area contributed by atoms with Crippen molar-refractivity contribution in [3.63, 3.8) is 0 Å². The number of aryl methyl sites for hydroxylation is 2. The molecule has 1 aromatic heterocycles. The van der Waals surface area contributed by atoms with E-state index in [2.05, 4.69) is 15.2 Å². The monoisotopic (exact) mass is 490 g/mol. The third kappa shape index (κ3) is 4.99. The molecule has 0 saturated carbocycles. The van der Waals surface area contributed by atoms with E-state index in [9.17, 15) is 26.0 Å². The Balaban J connectivity index is 1.77. The van der Waals surface area contributed by atoms with Crippen LogP contribution in [0.25, 0.3) is 0 Å². The molecule has 1 atom stereocenters. The molecule has 2 N–H and O–H groups in total. The lowest BCUT2D eigenvalue weighted by molar-refractivity contribution is -0.117. The van der Waals surface area contributed by atoms with Crippen LogP contribution in [0.1, 0.15) is 18.4 Å². The van der Waals surface area contributed by atoms with Gasteiger partial charge in [-0.05, 0) is 39.0 Å². The van der Waals surface area contributed by atoms with Crippen molar-refractivity contribution in [1.82, 2.24) is 14.2 Å². The van der Waals surface area contributed by atoms with Crippen molar-refractivity contribution in [2.75, 3.05) is 31.6 Å². The van der Waals surface area contributed by atoms with Gasteiger partial charge in [0.15, 0.2) is 5.76 Å². The Morgan fingerprint density at radius 3 is 2.44 bits per heavy atom. The number of ether oxygens (including phenoxy) is 1. The first-order valence-corrected chi connectivity index (χ1v) is 12.5. The van der Waals surface area contributed by atoms with Gasteiger partial charge in [-0.1, -0.05) is 5.16 Å². The van der Waals surface area contributed by atoms with Crippen molar-refractivity contribution >= 4 is 31.6 Å². The number of nitrogens with one attached hydrogen (secondary N) is 2. The first-order valence-electron chi connectivity index (χ1n) is 9.57. The minimum atomic E-state index is -4.14.